The number of rotatable bonds is 1. The van der Waals surface area contributed by atoms with E-state index in [0.29, 0.717) is 0 Å². The molecule has 4 nitrogen and oxygen atoms in total. The first-order valence-corrected chi connectivity index (χ1v) is 5.23. The Bertz CT molecular complexity index is 566. The molecule has 16 heavy (non-hydrogen) atoms. The zero-order valence-corrected chi connectivity index (χ0v) is 8.67. The van der Waals surface area contributed by atoms with Gasteiger partial charge in [-0.15, -0.1) is 0 Å². The molecule has 0 bridgehead atoms. The van der Waals surface area contributed by atoms with Crippen molar-refractivity contribution in [1.29, 1.82) is 5.26 Å². The zero-order valence-electron chi connectivity index (χ0n) is 8.67. The van der Waals surface area contributed by atoms with Gasteiger partial charge in [0.1, 0.15) is 5.82 Å². The largest absolute Gasteiger partial charge is 0.353 e. The molecule has 1 aromatic carbocycles. The summed E-state index contributed by atoms with van der Waals surface area (Å²) < 4.78 is 0. The molecule has 1 saturated heterocycles. The van der Waals surface area contributed by atoms with Crippen molar-refractivity contribution in [2.24, 2.45) is 5.92 Å². The normalized spacial score (nSPS) is 15.8. The quantitative estimate of drug-likeness (QED) is 0.717. The highest BCUT2D eigenvalue weighted by Gasteiger charge is 2.27. The molecular formula is C12H10N4. The van der Waals surface area contributed by atoms with Gasteiger partial charge in [-0.2, -0.15) is 5.26 Å². The van der Waals surface area contributed by atoms with Crippen LogP contribution in [0, 0.1) is 17.2 Å². The van der Waals surface area contributed by atoms with E-state index in [1.165, 1.54) is 0 Å². The van der Waals surface area contributed by atoms with Gasteiger partial charge in [0.05, 0.1) is 29.2 Å². The lowest BCUT2D eigenvalue weighted by atomic mass is 10.0. The lowest BCUT2D eigenvalue weighted by Crippen LogP contribution is -2.46. The number of hydrogen-bond acceptors (Lipinski definition) is 4. The molecule has 1 aromatic heterocycles. The minimum absolute atomic E-state index is 0.147. The number of nitrogens with zero attached hydrogens (tertiary/aromatic N) is 4. The lowest BCUT2D eigenvalue weighted by molar-refractivity contribution is 0.499. The number of hydrogen-bond donors (Lipinski definition) is 0. The molecule has 2 heterocycles. The minimum atomic E-state index is 0.147. The van der Waals surface area contributed by atoms with Crippen molar-refractivity contribution >= 4 is 16.9 Å². The van der Waals surface area contributed by atoms with E-state index in [1.54, 1.807) is 6.20 Å². The van der Waals surface area contributed by atoms with Crippen molar-refractivity contribution in [2.45, 2.75) is 0 Å². The molecule has 1 aliphatic rings. The van der Waals surface area contributed by atoms with Crippen molar-refractivity contribution < 1.29 is 0 Å². The van der Waals surface area contributed by atoms with Crippen LogP contribution in [0.1, 0.15) is 0 Å². The molecule has 4 heteroatoms. The molecule has 0 spiro atoms. The van der Waals surface area contributed by atoms with Crippen LogP contribution in [-0.4, -0.2) is 23.1 Å². The van der Waals surface area contributed by atoms with Crippen LogP contribution in [0.15, 0.2) is 30.5 Å². The summed E-state index contributed by atoms with van der Waals surface area (Å²) in [6.45, 7) is 1.53. The number of aromatic nitrogens is 2. The number of anilines is 1. The fraction of sp³-hybridized carbons (Fsp3) is 0.250. The summed E-state index contributed by atoms with van der Waals surface area (Å²) in [5.74, 6) is 1.01. The van der Waals surface area contributed by atoms with Gasteiger partial charge in [-0.05, 0) is 12.1 Å². The maximum Gasteiger partial charge on any atom is 0.147 e. The SMILES string of the molecule is N#CC1CN(c2cnc3ccccc3n2)C1. The van der Waals surface area contributed by atoms with Crippen LogP contribution in [0.4, 0.5) is 5.82 Å². The molecule has 0 radical (unpaired) electrons. The van der Waals surface area contributed by atoms with Gasteiger partial charge in [-0.25, -0.2) is 4.98 Å². The number of fused-ring (bicyclic) bond motifs is 1. The third-order valence-corrected chi connectivity index (χ3v) is 2.82. The Morgan fingerprint density at radius 2 is 2.00 bits per heavy atom. The lowest BCUT2D eigenvalue weighted by Gasteiger charge is -2.35. The van der Waals surface area contributed by atoms with E-state index >= 15 is 0 Å². The maximum atomic E-state index is 8.71. The number of benzene rings is 1. The van der Waals surface area contributed by atoms with E-state index in [1.807, 2.05) is 24.3 Å². The fourth-order valence-electron chi connectivity index (χ4n) is 1.85. The second-order valence-corrected chi connectivity index (χ2v) is 3.95. The standard InChI is InChI=1S/C12H10N4/c13-5-9-7-16(8-9)12-6-14-10-3-1-2-4-11(10)15-12/h1-4,6,9H,7-8H2. The second kappa shape index (κ2) is 3.46. The van der Waals surface area contributed by atoms with Gasteiger partial charge < -0.3 is 4.90 Å². The minimum Gasteiger partial charge on any atom is -0.353 e. The summed E-state index contributed by atoms with van der Waals surface area (Å²) in [6, 6.07) is 10.0. The Labute approximate surface area is 93.2 Å². The van der Waals surface area contributed by atoms with Crippen molar-refractivity contribution in [3.63, 3.8) is 0 Å². The van der Waals surface area contributed by atoms with Crippen LogP contribution in [-0.2, 0) is 0 Å². The topological polar surface area (TPSA) is 52.8 Å². The van der Waals surface area contributed by atoms with Gasteiger partial charge in [0.2, 0.25) is 0 Å². The third-order valence-electron chi connectivity index (χ3n) is 2.82. The molecule has 1 fully saturated rings. The first kappa shape index (κ1) is 9.10. The van der Waals surface area contributed by atoms with Crippen molar-refractivity contribution in [2.75, 3.05) is 18.0 Å². The van der Waals surface area contributed by atoms with E-state index < -0.39 is 0 Å². The van der Waals surface area contributed by atoms with Gasteiger partial charge in [-0.1, -0.05) is 12.1 Å². The Morgan fingerprint density at radius 1 is 1.25 bits per heavy atom. The molecule has 2 aromatic rings. The molecule has 0 saturated carbocycles. The Morgan fingerprint density at radius 3 is 2.75 bits per heavy atom. The van der Waals surface area contributed by atoms with E-state index in [2.05, 4.69) is 20.9 Å². The molecule has 78 valence electrons. The van der Waals surface area contributed by atoms with Crippen LogP contribution >= 0.6 is 0 Å². The van der Waals surface area contributed by atoms with Crippen molar-refractivity contribution in [1.82, 2.24) is 9.97 Å². The first-order valence-electron chi connectivity index (χ1n) is 5.23. The molecule has 3 rings (SSSR count). The predicted molar refractivity (Wildman–Crippen MR) is 60.9 cm³/mol. The van der Waals surface area contributed by atoms with E-state index in [4.69, 9.17) is 5.26 Å². The van der Waals surface area contributed by atoms with Gasteiger partial charge in [0, 0.05) is 13.1 Å². The maximum absolute atomic E-state index is 8.71. The molecular weight excluding hydrogens is 200 g/mol. The molecule has 0 N–H and O–H groups in total. The Hall–Kier alpha value is -2.15. The molecule has 0 unspecified atom stereocenters. The average Bonchev–Trinajstić information content (AvgIpc) is 2.27. The molecule has 0 aliphatic carbocycles. The van der Waals surface area contributed by atoms with Gasteiger partial charge >= 0.3 is 0 Å². The summed E-state index contributed by atoms with van der Waals surface area (Å²) in [5.41, 5.74) is 1.81. The van der Waals surface area contributed by atoms with E-state index in [-0.39, 0.29) is 5.92 Å². The Kier molecular flexibility index (Phi) is 1.97. The van der Waals surface area contributed by atoms with Gasteiger partial charge in [-0.3, -0.25) is 4.98 Å². The summed E-state index contributed by atoms with van der Waals surface area (Å²) in [5, 5.41) is 8.71. The van der Waals surface area contributed by atoms with E-state index in [0.717, 1.165) is 29.9 Å². The fourth-order valence-corrected chi connectivity index (χ4v) is 1.85. The van der Waals surface area contributed by atoms with Crippen LogP contribution in [0.5, 0.6) is 0 Å². The summed E-state index contributed by atoms with van der Waals surface area (Å²) in [7, 11) is 0. The van der Waals surface area contributed by atoms with Crippen LogP contribution in [0.3, 0.4) is 0 Å². The number of para-hydroxylation sites is 2. The van der Waals surface area contributed by atoms with Crippen molar-refractivity contribution in [3.05, 3.63) is 30.5 Å². The van der Waals surface area contributed by atoms with Crippen LogP contribution in [0.25, 0.3) is 11.0 Å². The van der Waals surface area contributed by atoms with Crippen LogP contribution < -0.4 is 4.90 Å². The highest BCUT2D eigenvalue weighted by molar-refractivity contribution is 5.75. The Balaban J connectivity index is 1.92. The van der Waals surface area contributed by atoms with Gasteiger partial charge in [0.15, 0.2) is 0 Å². The summed E-state index contributed by atoms with van der Waals surface area (Å²) >= 11 is 0. The first-order chi connectivity index (χ1) is 7.86. The number of nitriles is 1. The monoisotopic (exact) mass is 210 g/mol. The third kappa shape index (κ3) is 1.38. The predicted octanol–water partition coefficient (Wildman–Crippen LogP) is 1.59. The van der Waals surface area contributed by atoms with Crippen molar-refractivity contribution in [3.8, 4) is 6.07 Å². The highest BCUT2D eigenvalue weighted by atomic mass is 15.2. The molecule has 0 amide bonds. The molecule has 0 atom stereocenters. The van der Waals surface area contributed by atoms with Gasteiger partial charge in [0.25, 0.3) is 0 Å². The van der Waals surface area contributed by atoms with Crippen LogP contribution in [0.2, 0.25) is 0 Å². The molecule has 1 aliphatic heterocycles. The highest BCUT2D eigenvalue weighted by Crippen LogP contribution is 2.22. The summed E-state index contributed by atoms with van der Waals surface area (Å²) in [4.78, 5) is 10.9. The smallest absolute Gasteiger partial charge is 0.147 e. The summed E-state index contributed by atoms with van der Waals surface area (Å²) in [6.07, 6.45) is 1.77. The average molecular weight is 210 g/mol. The zero-order chi connectivity index (χ0) is 11.0. The second-order valence-electron chi connectivity index (χ2n) is 3.95. The van der Waals surface area contributed by atoms with E-state index in [9.17, 15) is 0 Å².